The number of carbonyl (C=O) groups excluding carboxylic acids is 1. The number of alkyl carbamates (subject to hydrolysis) is 1. The number of amides is 1. The van der Waals surface area contributed by atoms with Crippen LogP contribution < -0.4 is 5.32 Å². The summed E-state index contributed by atoms with van der Waals surface area (Å²) < 4.78 is 5.19. The third-order valence-electron chi connectivity index (χ3n) is 3.58. The fourth-order valence-corrected chi connectivity index (χ4v) is 2.58. The number of carboxylic acid groups (broad SMARTS) is 1. The molecule has 0 unspecified atom stereocenters. The maximum absolute atomic E-state index is 12.0. The molecule has 0 aromatic heterocycles. The van der Waals surface area contributed by atoms with Crippen LogP contribution in [0, 0.1) is 0 Å². The van der Waals surface area contributed by atoms with Crippen molar-refractivity contribution in [2.75, 3.05) is 0 Å². The molecule has 0 radical (unpaired) electrons. The van der Waals surface area contributed by atoms with Crippen molar-refractivity contribution >= 4 is 12.1 Å². The normalized spacial score (nSPS) is 21.3. The van der Waals surface area contributed by atoms with Gasteiger partial charge in [0.05, 0.1) is 0 Å². The Morgan fingerprint density at radius 3 is 2.43 bits per heavy atom. The van der Waals surface area contributed by atoms with Crippen LogP contribution in [0.15, 0.2) is 24.3 Å². The second-order valence-corrected chi connectivity index (χ2v) is 6.46. The lowest BCUT2D eigenvalue weighted by molar-refractivity contribution is -0.145. The van der Waals surface area contributed by atoms with E-state index in [1.807, 2.05) is 24.3 Å². The number of hydrogen-bond acceptors (Lipinski definition) is 3. The number of aliphatic carboxylic acids is 1. The molecule has 1 aromatic carbocycles. The lowest BCUT2D eigenvalue weighted by Crippen LogP contribution is -2.58. The van der Waals surface area contributed by atoms with Gasteiger partial charge in [-0.25, -0.2) is 9.59 Å². The van der Waals surface area contributed by atoms with E-state index in [0.717, 1.165) is 11.1 Å². The minimum atomic E-state index is -1.29. The zero-order valence-electron chi connectivity index (χ0n) is 12.6. The third kappa shape index (κ3) is 3.54. The molecular weight excluding hydrogens is 270 g/mol. The van der Waals surface area contributed by atoms with Crippen molar-refractivity contribution in [3.05, 3.63) is 35.4 Å². The molecule has 114 valence electrons. The maximum atomic E-state index is 12.0. The molecule has 0 saturated heterocycles. The number of hydrogen-bond donors (Lipinski definition) is 2. The number of aryl methyl sites for hydroxylation is 1. The number of carboxylic acids is 1. The van der Waals surface area contributed by atoms with E-state index in [4.69, 9.17) is 4.74 Å². The van der Waals surface area contributed by atoms with Crippen LogP contribution in [0.5, 0.6) is 0 Å². The van der Waals surface area contributed by atoms with Crippen LogP contribution >= 0.6 is 0 Å². The first kappa shape index (κ1) is 15.4. The van der Waals surface area contributed by atoms with Crippen molar-refractivity contribution < 1.29 is 19.4 Å². The fourth-order valence-electron chi connectivity index (χ4n) is 2.58. The second kappa shape index (κ2) is 5.39. The van der Waals surface area contributed by atoms with E-state index >= 15 is 0 Å². The first-order valence-corrected chi connectivity index (χ1v) is 7.03. The average molecular weight is 291 g/mol. The van der Waals surface area contributed by atoms with Crippen LogP contribution in [-0.4, -0.2) is 28.3 Å². The van der Waals surface area contributed by atoms with Gasteiger partial charge in [-0.2, -0.15) is 0 Å². The highest BCUT2D eigenvalue weighted by molar-refractivity contribution is 5.85. The SMILES string of the molecule is CC(C)(C)OC(=O)N[C@]1(C(=O)O)CCc2ccccc2C1. The van der Waals surface area contributed by atoms with Gasteiger partial charge >= 0.3 is 12.1 Å². The van der Waals surface area contributed by atoms with Crippen LogP contribution in [-0.2, 0) is 22.4 Å². The molecule has 0 bridgehead atoms. The fraction of sp³-hybridized carbons (Fsp3) is 0.500. The van der Waals surface area contributed by atoms with Gasteiger partial charge in [0.15, 0.2) is 0 Å². The Hall–Kier alpha value is -2.04. The molecule has 5 heteroatoms. The molecule has 1 aliphatic rings. The highest BCUT2D eigenvalue weighted by Crippen LogP contribution is 2.29. The Kier molecular flexibility index (Phi) is 3.94. The molecule has 0 fully saturated rings. The van der Waals surface area contributed by atoms with Crippen molar-refractivity contribution in [2.45, 2.75) is 51.2 Å². The van der Waals surface area contributed by atoms with Crippen molar-refractivity contribution in [1.29, 1.82) is 0 Å². The topological polar surface area (TPSA) is 75.6 Å². The summed E-state index contributed by atoms with van der Waals surface area (Å²) in [5, 5.41) is 12.2. The Labute approximate surface area is 124 Å². The van der Waals surface area contributed by atoms with E-state index in [1.54, 1.807) is 20.8 Å². The van der Waals surface area contributed by atoms with Crippen LogP contribution in [0.1, 0.15) is 38.3 Å². The van der Waals surface area contributed by atoms with E-state index < -0.39 is 23.2 Å². The second-order valence-electron chi connectivity index (χ2n) is 6.46. The van der Waals surface area contributed by atoms with Gasteiger partial charge in [0.25, 0.3) is 0 Å². The van der Waals surface area contributed by atoms with Gasteiger partial charge in [0.1, 0.15) is 11.1 Å². The highest BCUT2D eigenvalue weighted by atomic mass is 16.6. The van der Waals surface area contributed by atoms with Gasteiger partial charge in [-0.15, -0.1) is 0 Å². The summed E-state index contributed by atoms with van der Waals surface area (Å²) in [6.07, 6.45) is 0.568. The minimum Gasteiger partial charge on any atom is -0.479 e. The van der Waals surface area contributed by atoms with Gasteiger partial charge in [-0.05, 0) is 44.7 Å². The zero-order valence-corrected chi connectivity index (χ0v) is 12.6. The molecule has 0 spiro atoms. The van der Waals surface area contributed by atoms with Crippen molar-refractivity contribution in [1.82, 2.24) is 5.32 Å². The minimum absolute atomic E-state index is 0.276. The maximum Gasteiger partial charge on any atom is 0.408 e. The molecule has 1 atom stereocenters. The van der Waals surface area contributed by atoms with Crippen LogP contribution in [0.4, 0.5) is 4.79 Å². The Balaban J connectivity index is 2.20. The molecule has 1 aliphatic carbocycles. The summed E-state index contributed by atoms with van der Waals surface area (Å²) in [5.74, 6) is -1.03. The van der Waals surface area contributed by atoms with Gasteiger partial charge < -0.3 is 15.2 Å². The predicted molar refractivity (Wildman–Crippen MR) is 78.2 cm³/mol. The standard InChI is InChI=1S/C16H21NO4/c1-15(2,3)21-14(20)17-16(13(18)19)9-8-11-6-4-5-7-12(11)10-16/h4-7H,8-10H2,1-3H3,(H,17,20)(H,18,19)/t16-/m1/s1. The molecule has 21 heavy (non-hydrogen) atoms. The molecule has 1 amide bonds. The molecule has 1 aromatic rings. The first-order valence-electron chi connectivity index (χ1n) is 7.03. The van der Waals surface area contributed by atoms with Crippen molar-refractivity contribution in [3.63, 3.8) is 0 Å². The summed E-state index contributed by atoms with van der Waals surface area (Å²) >= 11 is 0. The third-order valence-corrected chi connectivity index (χ3v) is 3.58. The monoisotopic (exact) mass is 291 g/mol. The first-order chi connectivity index (χ1) is 9.72. The summed E-state index contributed by atoms with van der Waals surface area (Å²) in [7, 11) is 0. The zero-order chi connectivity index (χ0) is 15.7. The molecule has 0 saturated carbocycles. The predicted octanol–water partition coefficient (Wildman–Crippen LogP) is 2.52. The largest absolute Gasteiger partial charge is 0.479 e. The number of fused-ring (bicyclic) bond motifs is 1. The lowest BCUT2D eigenvalue weighted by Gasteiger charge is -2.35. The van der Waals surface area contributed by atoms with Gasteiger partial charge in [0.2, 0.25) is 0 Å². The number of rotatable bonds is 2. The van der Waals surface area contributed by atoms with E-state index in [2.05, 4.69) is 5.32 Å². The summed E-state index contributed by atoms with van der Waals surface area (Å²) in [6, 6.07) is 7.72. The van der Waals surface area contributed by atoms with Gasteiger partial charge in [-0.1, -0.05) is 24.3 Å². The average Bonchev–Trinajstić information content (AvgIpc) is 2.36. The summed E-state index contributed by atoms with van der Waals surface area (Å²) in [5.41, 5.74) is 0.148. The van der Waals surface area contributed by atoms with Crippen LogP contribution in [0.3, 0.4) is 0 Å². The number of ether oxygens (including phenoxy) is 1. The molecule has 2 rings (SSSR count). The number of carbonyl (C=O) groups is 2. The lowest BCUT2D eigenvalue weighted by atomic mass is 9.78. The Morgan fingerprint density at radius 1 is 1.24 bits per heavy atom. The van der Waals surface area contributed by atoms with E-state index in [0.29, 0.717) is 12.8 Å². The smallest absolute Gasteiger partial charge is 0.408 e. The quantitative estimate of drug-likeness (QED) is 0.878. The van der Waals surface area contributed by atoms with Crippen molar-refractivity contribution in [3.8, 4) is 0 Å². The van der Waals surface area contributed by atoms with E-state index in [1.165, 1.54) is 0 Å². The van der Waals surface area contributed by atoms with Crippen molar-refractivity contribution in [2.24, 2.45) is 0 Å². The molecule has 2 N–H and O–H groups in total. The van der Waals surface area contributed by atoms with E-state index in [-0.39, 0.29) is 6.42 Å². The summed E-state index contributed by atoms with van der Waals surface area (Å²) in [6.45, 7) is 5.24. The number of benzene rings is 1. The Bertz CT molecular complexity index is 562. The van der Waals surface area contributed by atoms with Crippen LogP contribution in [0.2, 0.25) is 0 Å². The van der Waals surface area contributed by atoms with Gasteiger partial charge in [0, 0.05) is 6.42 Å². The van der Waals surface area contributed by atoms with E-state index in [9.17, 15) is 14.7 Å². The highest BCUT2D eigenvalue weighted by Gasteiger charge is 2.43. The molecule has 5 nitrogen and oxygen atoms in total. The molecule has 0 heterocycles. The molecular formula is C16H21NO4. The summed E-state index contributed by atoms with van der Waals surface area (Å²) in [4.78, 5) is 23.7. The van der Waals surface area contributed by atoms with Crippen LogP contribution in [0.25, 0.3) is 0 Å². The molecule has 0 aliphatic heterocycles. The Morgan fingerprint density at radius 2 is 1.86 bits per heavy atom. The van der Waals surface area contributed by atoms with Gasteiger partial charge in [-0.3, -0.25) is 0 Å². The number of nitrogens with one attached hydrogen (secondary N) is 1.